The molecule has 1 aliphatic heterocycles. The SMILES string of the molecule is CCN1CCC[C@@H]1CNC(=O)c1cc(Cn2c(C)nc3ccccc32)[nH]n1. The molecule has 0 spiro atoms. The molecule has 1 fully saturated rings. The molecule has 0 saturated carbocycles. The van der Waals surface area contributed by atoms with Gasteiger partial charge in [-0.15, -0.1) is 0 Å². The van der Waals surface area contributed by atoms with Gasteiger partial charge in [0.2, 0.25) is 0 Å². The van der Waals surface area contributed by atoms with Gasteiger partial charge < -0.3 is 9.88 Å². The number of aromatic amines is 1. The highest BCUT2D eigenvalue weighted by Crippen LogP contribution is 2.18. The molecule has 2 aromatic heterocycles. The number of carbonyl (C=O) groups is 1. The average molecular weight is 366 g/mol. The number of H-pyrrole nitrogens is 1. The second-order valence-corrected chi connectivity index (χ2v) is 7.15. The summed E-state index contributed by atoms with van der Waals surface area (Å²) in [5, 5.41) is 10.2. The number of aryl methyl sites for hydroxylation is 1. The summed E-state index contributed by atoms with van der Waals surface area (Å²) in [4.78, 5) is 19.5. The monoisotopic (exact) mass is 366 g/mol. The Bertz CT molecular complexity index is 943. The summed E-state index contributed by atoms with van der Waals surface area (Å²) in [6, 6.07) is 10.3. The number of hydrogen-bond donors (Lipinski definition) is 2. The van der Waals surface area contributed by atoms with Gasteiger partial charge in [0.1, 0.15) is 11.5 Å². The Hall–Kier alpha value is -2.67. The summed E-state index contributed by atoms with van der Waals surface area (Å²) in [5.74, 6) is 0.824. The Balaban J connectivity index is 1.42. The Kier molecular flexibility index (Phi) is 4.94. The fourth-order valence-electron chi connectivity index (χ4n) is 3.97. The molecule has 4 rings (SSSR count). The van der Waals surface area contributed by atoms with Crippen LogP contribution >= 0.6 is 0 Å². The summed E-state index contributed by atoms with van der Waals surface area (Å²) in [7, 11) is 0. The van der Waals surface area contributed by atoms with Crippen molar-refractivity contribution in [3.05, 3.63) is 47.5 Å². The van der Waals surface area contributed by atoms with Crippen LogP contribution in [0.5, 0.6) is 0 Å². The number of nitrogens with one attached hydrogen (secondary N) is 2. The number of fused-ring (bicyclic) bond motifs is 1. The van der Waals surface area contributed by atoms with Gasteiger partial charge in [-0.05, 0) is 51.1 Å². The molecule has 3 aromatic rings. The lowest BCUT2D eigenvalue weighted by Crippen LogP contribution is -2.40. The Labute approximate surface area is 158 Å². The van der Waals surface area contributed by atoms with Gasteiger partial charge >= 0.3 is 0 Å². The van der Waals surface area contributed by atoms with Crippen LogP contribution < -0.4 is 5.32 Å². The fourth-order valence-corrected chi connectivity index (χ4v) is 3.97. The summed E-state index contributed by atoms with van der Waals surface area (Å²) in [6.07, 6.45) is 2.35. The smallest absolute Gasteiger partial charge is 0.271 e. The molecule has 0 aliphatic carbocycles. The van der Waals surface area contributed by atoms with E-state index in [1.165, 1.54) is 6.42 Å². The first-order valence-electron chi connectivity index (χ1n) is 9.64. The van der Waals surface area contributed by atoms with Crippen LogP contribution in [0.25, 0.3) is 11.0 Å². The van der Waals surface area contributed by atoms with Crippen molar-refractivity contribution in [3.8, 4) is 0 Å². The molecule has 0 radical (unpaired) electrons. The van der Waals surface area contributed by atoms with E-state index in [0.717, 1.165) is 42.1 Å². The van der Waals surface area contributed by atoms with Gasteiger partial charge in [0, 0.05) is 12.6 Å². The van der Waals surface area contributed by atoms with E-state index in [4.69, 9.17) is 0 Å². The van der Waals surface area contributed by atoms with Crippen LogP contribution in [0.1, 0.15) is 41.8 Å². The molecular formula is C20H26N6O. The third-order valence-electron chi connectivity index (χ3n) is 5.44. The summed E-state index contributed by atoms with van der Waals surface area (Å²) in [6.45, 7) is 7.61. The number of likely N-dealkylation sites (N-methyl/N-ethyl adjacent to an activating group) is 1. The quantitative estimate of drug-likeness (QED) is 0.702. The highest BCUT2D eigenvalue weighted by molar-refractivity contribution is 5.92. The van der Waals surface area contributed by atoms with E-state index in [-0.39, 0.29) is 5.91 Å². The number of carbonyl (C=O) groups excluding carboxylic acids is 1. The van der Waals surface area contributed by atoms with Crippen molar-refractivity contribution < 1.29 is 4.79 Å². The van der Waals surface area contributed by atoms with Gasteiger partial charge in [0.15, 0.2) is 0 Å². The maximum atomic E-state index is 12.5. The molecule has 1 saturated heterocycles. The number of benzene rings is 1. The molecule has 2 N–H and O–H groups in total. The van der Waals surface area contributed by atoms with Crippen molar-refractivity contribution in [2.75, 3.05) is 19.6 Å². The number of likely N-dealkylation sites (tertiary alicyclic amines) is 1. The fraction of sp³-hybridized carbons (Fsp3) is 0.450. The van der Waals surface area contributed by atoms with Crippen LogP contribution in [-0.2, 0) is 6.54 Å². The number of nitrogens with zero attached hydrogens (tertiary/aromatic N) is 4. The molecule has 1 atom stereocenters. The maximum Gasteiger partial charge on any atom is 0.271 e. The zero-order chi connectivity index (χ0) is 18.8. The molecule has 27 heavy (non-hydrogen) atoms. The van der Waals surface area contributed by atoms with Gasteiger partial charge in [-0.3, -0.25) is 14.8 Å². The molecule has 3 heterocycles. The van der Waals surface area contributed by atoms with E-state index in [1.807, 2.05) is 31.2 Å². The number of rotatable bonds is 6. The molecule has 0 unspecified atom stereocenters. The van der Waals surface area contributed by atoms with Crippen molar-refractivity contribution in [2.45, 2.75) is 39.3 Å². The van der Waals surface area contributed by atoms with E-state index >= 15 is 0 Å². The van der Waals surface area contributed by atoms with E-state index in [9.17, 15) is 4.79 Å². The number of amides is 1. The largest absolute Gasteiger partial charge is 0.349 e. The van der Waals surface area contributed by atoms with Gasteiger partial charge in [-0.2, -0.15) is 5.10 Å². The molecule has 142 valence electrons. The van der Waals surface area contributed by atoms with Crippen LogP contribution in [0.2, 0.25) is 0 Å². The maximum absolute atomic E-state index is 12.5. The molecular weight excluding hydrogens is 340 g/mol. The first-order chi connectivity index (χ1) is 13.2. The van der Waals surface area contributed by atoms with Gasteiger partial charge in [0.25, 0.3) is 5.91 Å². The number of hydrogen-bond acceptors (Lipinski definition) is 4. The van der Waals surface area contributed by atoms with E-state index in [1.54, 1.807) is 0 Å². The molecule has 0 bridgehead atoms. The molecule has 1 aromatic carbocycles. The third-order valence-corrected chi connectivity index (χ3v) is 5.44. The van der Waals surface area contributed by atoms with Crippen molar-refractivity contribution in [1.82, 2.24) is 30.0 Å². The van der Waals surface area contributed by atoms with Gasteiger partial charge in [-0.25, -0.2) is 4.98 Å². The Morgan fingerprint density at radius 3 is 3.07 bits per heavy atom. The highest BCUT2D eigenvalue weighted by atomic mass is 16.1. The van der Waals surface area contributed by atoms with Crippen LogP contribution in [-0.4, -0.2) is 56.2 Å². The van der Waals surface area contributed by atoms with Crippen molar-refractivity contribution >= 4 is 16.9 Å². The minimum Gasteiger partial charge on any atom is -0.349 e. The van der Waals surface area contributed by atoms with E-state index < -0.39 is 0 Å². The lowest BCUT2D eigenvalue weighted by atomic mass is 10.2. The molecule has 7 heteroatoms. The van der Waals surface area contributed by atoms with Gasteiger partial charge in [-0.1, -0.05) is 19.1 Å². The lowest BCUT2D eigenvalue weighted by molar-refractivity contribution is 0.0936. The highest BCUT2D eigenvalue weighted by Gasteiger charge is 2.23. The Morgan fingerprint density at radius 2 is 2.22 bits per heavy atom. The predicted molar refractivity (Wildman–Crippen MR) is 105 cm³/mol. The minimum absolute atomic E-state index is 0.118. The van der Waals surface area contributed by atoms with Crippen LogP contribution in [0.15, 0.2) is 30.3 Å². The predicted octanol–water partition coefficient (Wildman–Crippen LogP) is 2.33. The number of imidazole rings is 1. The van der Waals surface area contributed by atoms with Crippen molar-refractivity contribution in [1.29, 1.82) is 0 Å². The standard InChI is InChI=1S/C20H26N6O/c1-3-25-10-6-7-16(25)12-21-20(27)18-11-15(23-24-18)13-26-14(2)22-17-8-4-5-9-19(17)26/h4-5,8-9,11,16H,3,6-7,10,12-13H2,1-2H3,(H,21,27)(H,23,24)/t16-/m1/s1. The first kappa shape index (κ1) is 17.7. The normalized spacial score (nSPS) is 17.6. The minimum atomic E-state index is -0.118. The zero-order valence-electron chi connectivity index (χ0n) is 15.9. The second kappa shape index (κ2) is 7.52. The molecule has 7 nitrogen and oxygen atoms in total. The van der Waals surface area contributed by atoms with E-state index in [0.29, 0.717) is 24.8 Å². The first-order valence-corrected chi connectivity index (χ1v) is 9.64. The summed E-state index contributed by atoms with van der Waals surface area (Å²) >= 11 is 0. The zero-order valence-corrected chi connectivity index (χ0v) is 15.9. The van der Waals surface area contributed by atoms with Crippen molar-refractivity contribution in [3.63, 3.8) is 0 Å². The topological polar surface area (TPSA) is 78.8 Å². The molecule has 1 amide bonds. The van der Waals surface area contributed by atoms with E-state index in [2.05, 4.69) is 43.0 Å². The number of para-hydroxylation sites is 2. The number of aromatic nitrogens is 4. The van der Waals surface area contributed by atoms with Gasteiger partial charge in [0.05, 0.1) is 23.3 Å². The second-order valence-electron chi connectivity index (χ2n) is 7.15. The van der Waals surface area contributed by atoms with Crippen LogP contribution in [0.3, 0.4) is 0 Å². The lowest BCUT2D eigenvalue weighted by Gasteiger charge is -2.22. The Morgan fingerprint density at radius 1 is 1.37 bits per heavy atom. The third kappa shape index (κ3) is 3.60. The molecule has 1 aliphatic rings. The van der Waals surface area contributed by atoms with Crippen LogP contribution in [0, 0.1) is 6.92 Å². The summed E-state index contributed by atoms with van der Waals surface area (Å²) in [5.41, 5.74) is 3.39. The van der Waals surface area contributed by atoms with Crippen LogP contribution in [0.4, 0.5) is 0 Å². The average Bonchev–Trinajstić information content (AvgIpc) is 3.39. The van der Waals surface area contributed by atoms with Crippen molar-refractivity contribution in [2.24, 2.45) is 0 Å². The summed E-state index contributed by atoms with van der Waals surface area (Å²) < 4.78 is 2.13.